The molecule has 2 saturated heterocycles. The zero-order valence-corrected chi connectivity index (χ0v) is 23.3. The number of hydrogen-bond acceptors (Lipinski definition) is 7. The predicted octanol–water partition coefficient (Wildman–Crippen LogP) is -1.43. The van der Waals surface area contributed by atoms with Gasteiger partial charge in [-0.1, -0.05) is 32.6 Å². The Hall–Kier alpha value is -3.13. The Morgan fingerprint density at radius 3 is 2.36 bits per heavy atom. The number of guanidine groups is 1. The van der Waals surface area contributed by atoms with Crippen LogP contribution in [0.2, 0.25) is 0 Å². The predicted molar refractivity (Wildman–Crippen MR) is 147 cm³/mol. The lowest BCUT2D eigenvalue weighted by molar-refractivity contribution is -0.141. The number of likely N-dealkylation sites (tertiary alicyclic amines) is 1. The van der Waals surface area contributed by atoms with Crippen molar-refractivity contribution in [2.24, 2.45) is 16.5 Å². The third kappa shape index (κ3) is 12.1. The number of hydrogen-bond donors (Lipinski definition) is 7. The zero-order valence-electron chi connectivity index (χ0n) is 22.4. The van der Waals surface area contributed by atoms with E-state index in [1.807, 2.05) is 4.90 Å². The van der Waals surface area contributed by atoms with Crippen LogP contribution in [0.1, 0.15) is 64.7 Å². The van der Waals surface area contributed by atoms with Crippen LogP contribution in [0.5, 0.6) is 0 Å². The number of rotatable bonds is 12. The standard InChI is InChI=1S/C24H42N8O6.ClH/c1-2-3-4-5-6-10-32-14-15-11-18(32)23(38)31-16(8-7-9-27-24(25)26)21(36)28-13-19(33)30-17(12-20(34)35)22(37)29-15;/h15-18H,2-14H2,1H3,(H,28,36)(H,29,37)(H,30,33)(H,31,38)(H,34,35)(H4,25,26,27);1H/t15-,16-,17-,18-;/m0./s1. The first kappa shape index (κ1) is 33.9. The van der Waals surface area contributed by atoms with Gasteiger partial charge in [-0.05, 0) is 32.2 Å². The summed E-state index contributed by atoms with van der Waals surface area (Å²) in [6, 6.07) is -3.23. The van der Waals surface area contributed by atoms with Crippen molar-refractivity contribution in [3.05, 3.63) is 0 Å². The van der Waals surface area contributed by atoms with E-state index in [1.54, 1.807) is 0 Å². The van der Waals surface area contributed by atoms with E-state index in [0.717, 1.165) is 32.1 Å². The van der Waals surface area contributed by atoms with Crippen LogP contribution in [-0.2, 0) is 24.0 Å². The number of carboxylic acid groups (broad SMARTS) is 1. The van der Waals surface area contributed by atoms with E-state index >= 15 is 0 Å². The fraction of sp³-hybridized carbons (Fsp3) is 0.750. The molecule has 39 heavy (non-hydrogen) atoms. The SMILES string of the molecule is CCCCCCCN1C[C@@H]2C[C@H]1C(=O)N[C@@H](CCCN=C(N)N)C(=O)NCC(=O)N[C@@H](CC(=O)O)C(=O)N2.Cl. The van der Waals surface area contributed by atoms with Gasteiger partial charge in [-0.2, -0.15) is 0 Å². The number of unbranched alkanes of at least 4 members (excludes halogenated alkanes) is 4. The fourth-order valence-corrected chi connectivity index (χ4v) is 4.71. The van der Waals surface area contributed by atoms with Crippen LogP contribution in [-0.4, -0.2) is 95.9 Å². The number of aliphatic imine (C=N–C) groups is 1. The molecule has 0 spiro atoms. The second-order valence-corrected chi connectivity index (χ2v) is 9.81. The van der Waals surface area contributed by atoms with Crippen molar-refractivity contribution in [1.82, 2.24) is 26.2 Å². The lowest BCUT2D eigenvalue weighted by Gasteiger charge is -2.26. The highest BCUT2D eigenvalue weighted by molar-refractivity contribution is 5.95. The number of carbonyl (C=O) groups excluding carboxylic acids is 4. The maximum Gasteiger partial charge on any atom is 0.305 e. The van der Waals surface area contributed by atoms with Crippen molar-refractivity contribution < 1.29 is 29.1 Å². The van der Waals surface area contributed by atoms with E-state index in [-0.39, 0.29) is 37.2 Å². The first-order valence-corrected chi connectivity index (χ1v) is 13.3. The Morgan fingerprint density at radius 2 is 1.69 bits per heavy atom. The molecular weight excluding hydrogens is 532 g/mol. The second kappa shape index (κ2) is 17.5. The van der Waals surface area contributed by atoms with Crippen molar-refractivity contribution in [1.29, 1.82) is 0 Å². The average Bonchev–Trinajstić information content (AvgIpc) is 3.25. The van der Waals surface area contributed by atoms with E-state index < -0.39 is 60.8 Å². The Bertz CT molecular complexity index is 885. The van der Waals surface area contributed by atoms with Crippen molar-refractivity contribution in [2.75, 3.05) is 26.2 Å². The Balaban J connectivity index is 0.00000760. The Kier molecular flexibility index (Phi) is 15.2. The number of nitrogens with zero attached hydrogens (tertiary/aromatic N) is 2. The van der Waals surface area contributed by atoms with Crippen LogP contribution in [0.25, 0.3) is 0 Å². The lowest BCUT2D eigenvalue weighted by atomic mass is 10.1. The summed E-state index contributed by atoms with van der Waals surface area (Å²) in [6.07, 6.45) is 5.56. The smallest absolute Gasteiger partial charge is 0.305 e. The van der Waals surface area contributed by atoms with E-state index in [1.165, 1.54) is 0 Å². The van der Waals surface area contributed by atoms with Gasteiger partial charge in [0, 0.05) is 19.1 Å². The van der Waals surface area contributed by atoms with Gasteiger partial charge in [-0.3, -0.25) is 33.9 Å². The van der Waals surface area contributed by atoms with Crippen molar-refractivity contribution in [3.8, 4) is 0 Å². The molecule has 2 bridgehead atoms. The monoisotopic (exact) mass is 574 g/mol. The first-order valence-electron chi connectivity index (χ1n) is 13.3. The molecule has 4 amide bonds. The maximum atomic E-state index is 13.4. The number of nitrogens with two attached hydrogens (primary N) is 2. The molecule has 222 valence electrons. The number of halogens is 1. The van der Waals surface area contributed by atoms with Crippen LogP contribution in [0.15, 0.2) is 4.99 Å². The highest BCUT2D eigenvalue weighted by Crippen LogP contribution is 2.20. The third-order valence-corrected chi connectivity index (χ3v) is 6.63. The van der Waals surface area contributed by atoms with Crippen LogP contribution in [0.4, 0.5) is 0 Å². The molecule has 0 aromatic heterocycles. The zero-order chi connectivity index (χ0) is 28.1. The van der Waals surface area contributed by atoms with E-state index in [9.17, 15) is 29.1 Å². The van der Waals surface area contributed by atoms with Crippen LogP contribution in [0.3, 0.4) is 0 Å². The largest absolute Gasteiger partial charge is 0.481 e. The number of nitrogens with one attached hydrogen (secondary N) is 4. The average molecular weight is 575 g/mol. The van der Waals surface area contributed by atoms with Crippen LogP contribution < -0.4 is 32.7 Å². The van der Waals surface area contributed by atoms with Gasteiger partial charge < -0.3 is 37.8 Å². The van der Waals surface area contributed by atoms with Gasteiger partial charge in [-0.15, -0.1) is 12.4 Å². The van der Waals surface area contributed by atoms with Gasteiger partial charge >= 0.3 is 5.97 Å². The number of carbonyl (C=O) groups is 5. The third-order valence-electron chi connectivity index (χ3n) is 6.63. The fourth-order valence-electron chi connectivity index (χ4n) is 4.71. The van der Waals surface area contributed by atoms with Gasteiger partial charge in [0.25, 0.3) is 0 Å². The molecule has 2 rings (SSSR count). The molecule has 2 aliphatic heterocycles. The minimum atomic E-state index is -1.31. The van der Waals surface area contributed by atoms with E-state index in [0.29, 0.717) is 25.9 Å². The summed E-state index contributed by atoms with van der Waals surface area (Å²) in [7, 11) is 0. The minimum Gasteiger partial charge on any atom is -0.481 e. The molecule has 9 N–H and O–H groups in total. The van der Waals surface area contributed by atoms with Crippen LogP contribution >= 0.6 is 12.4 Å². The minimum absolute atomic E-state index is 0. The Morgan fingerprint density at radius 1 is 0.974 bits per heavy atom. The van der Waals surface area contributed by atoms with Crippen molar-refractivity contribution in [3.63, 3.8) is 0 Å². The lowest BCUT2D eigenvalue weighted by Crippen LogP contribution is -2.55. The van der Waals surface area contributed by atoms with Crippen LogP contribution in [0, 0.1) is 0 Å². The summed E-state index contributed by atoms with van der Waals surface area (Å²) in [5, 5.41) is 19.7. The molecule has 2 aliphatic rings. The molecule has 2 heterocycles. The maximum absolute atomic E-state index is 13.4. The molecule has 2 fully saturated rings. The van der Waals surface area contributed by atoms with Gasteiger partial charge in [0.1, 0.15) is 12.1 Å². The van der Waals surface area contributed by atoms with E-state index in [4.69, 9.17) is 11.5 Å². The number of aliphatic carboxylic acids is 1. The first-order chi connectivity index (χ1) is 18.1. The molecule has 14 nitrogen and oxygen atoms in total. The molecule has 0 radical (unpaired) electrons. The molecule has 0 aromatic rings. The van der Waals surface area contributed by atoms with Gasteiger partial charge in [0.15, 0.2) is 5.96 Å². The number of carboxylic acids is 1. The van der Waals surface area contributed by atoms with Crippen molar-refractivity contribution >= 4 is 48.0 Å². The summed E-state index contributed by atoms with van der Waals surface area (Å²) in [4.78, 5) is 68.8. The number of fused-ring (bicyclic) bond motifs is 2. The quantitative estimate of drug-likeness (QED) is 0.0822. The Labute approximate surface area is 234 Å². The molecule has 0 unspecified atom stereocenters. The highest BCUT2D eigenvalue weighted by Gasteiger charge is 2.39. The summed E-state index contributed by atoms with van der Waals surface area (Å²) in [5.41, 5.74) is 10.7. The molecule has 0 aromatic carbocycles. The van der Waals surface area contributed by atoms with Gasteiger partial charge in [0.2, 0.25) is 23.6 Å². The molecular formula is C24H43ClN8O6. The van der Waals surface area contributed by atoms with Crippen molar-refractivity contribution in [2.45, 2.75) is 88.9 Å². The summed E-state index contributed by atoms with van der Waals surface area (Å²) in [5.74, 6) is -3.62. The highest BCUT2D eigenvalue weighted by atomic mass is 35.5. The normalized spacial score (nSPS) is 24.3. The van der Waals surface area contributed by atoms with Gasteiger partial charge in [-0.25, -0.2) is 0 Å². The summed E-state index contributed by atoms with van der Waals surface area (Å²) >= 11 is 0. The van der Waals surface area contributed by atoms with Gasteiger partial charge in [0.05, 0.1) is 19.0 Å². The molecule has 15 heteroatoms. The molecule has 0 aliphatic carbocycles. The molecule has 0 saturated carbocycles. The summed E-state index contributed by atoms with van der Waals surface area (Å²) < 4.78 is 0. The number of amides is 4. The second-order valence-electron chi connectivity index (χ2n) is 9.81. The topological polar surface area (TPSA) is 221 Å². The summed E-state index contributed by atoms with van der Waals surface area (Å²) in [6.45, 7) is 2.95. The van der Waals surface area contributed by atoms with E-state index in [2.05, 4.69) is 33.2 Å². The molecule has 4 atom stereocenters.